The maximum atomic E-state index is 11.4. The van der Waals surface area contributed by atoms with Crippen LogP contribution in [0.5, 0.6) is 0 Å². The van der Waals surface area contributed by atoms with Gasteiger partial charge in [0.25, 0.3) is 0 Å². The molecule has 1 heterocycles. The fourth-order valence-electron chi connectivity index (χ4n) is 1.39. The summed E-state index contributed by atoms with van der Waals surface area (Å²) in [6.07, 6.45) is 0. The third-order valence-electron chi connectivity index (χ3n) is 2.19. The highest BCUT2D eigenvalue weighted by atomic mass is 35.5. The Morgan fingerprint density at radius 1 is 1.33 bits per heavy atom. The van der Waals surface area contributed by atoms with Crippen LogP contribution in [-0.4, -0.2) is 23.6 Å². The molecule has 0 fully saturated rings. The van der Waals surface area contributed by atoms with Gasteiger partial charge in [-0.05, 0) is 0 Å². The van der Waals surface area contributed by atoms with Crippen LogP contribution in [0.1, 0.15) is 0 Å². The topological polar surface area (TPSA) is 67.2 Å². The van der Waals surface area contributed by atoms with E-state index in [1.807, 2.05) is 30.3 Å². The second-order valence-corrected chi connectivity index (χ2v) is 3.89. The Kier molecular flexibility index (Phi) is 4.20. The van der Waals surface area contributed by atoms with Crippen LogP contribution < -0.4 is 10.6 Å². The van der Waals surface area contributed by atoms with Gasteiger partial charge in [0.2, 0.25) is 0 Å². The van der Waals surface area contributed by atoms with Gasteiger partial charge in [0.05, 0.1) is 0 Å². The summed E-state index contributed by atoms with van der Waals surface area (Å²) in [6.45, 7) is 0.400. The van der Waals surface area contributed by atoms with Gasteiger partial charge < -0.3 is 9.84 Å². The second kappa shape index (κ2) is 6.07. The molecular weight excluding hydrogens is 254 g/mol. The third-order valence-corrected chi connectivity index (χ3v) is 2.38. The van der Waals surface area contributed by atoms with E-state index in [4.69, 9.17) is 16.1 Å². The van der Waals surface area contributed by atoms with Crippen molar-refractivity contribution in [2.45, 2.75) is 0 Å². The van der Waals surface area contributed by atoms with Crippen molar-refractivity contribution in [3.05, 3.63) is 36.4 Å². The molecule has 5 nitrogen and oxygen atoms in total. The maximum Gasteiger partial charge on any atom is 0.320 e. The standard InChI is InChI=1S/C12H12ClN3O2/c13-6-7-14-12(17)15-11-8-10(18-16-11)9-4-2-1-3-5-9/h1-5,8H,6-7H2,(H2,14,15,16,17). The lowest BCUT2D eigenvalue weighted by Crippen LogP contribution is -2.30. The van der Waals surface area contributed by atoms with Crippen molar-refractivity contribution in [2.24, 2.45) is 0 Å². The van der Waals surface area contributed by atoms with Crippen molar-refractivity contribution in [3.63, 3.8) is 0 Å². The summed E-state index contributed by atoms with van der Waals surface area (Å²) in [6, 6.07) is 10.8. The molecule has 0 aliphatic rings. The highest BCUT2D eigenvalue weighted by Crippen LogP contribution is 2.21. The molecule has 6 heteroatoms. The lowest BCUT2D eigenvalue weighted by atomic mass is 10.2. The highest BCUT2D eigenvalue weighted by molar-refractivity contribution is 6.18. The molecule has 0 bridgehead atoms. The van der Waals surface area contributed by atoms with Gasteiger partial charge in [0, 0.05) is 24.1 Å². The number of anilines is 1. The van der Waals surface area contributed by atoms with Gasteiger partial charge in [0.15, 0.2) is 11.6 Å². The second-order valence-electron chi connectivity index (χ2n) is 3.51. The molecule has 2 aromatic rings. The van der Waals surface area contributed by atoms with Crippen molar-refractivity contribution in [3.8, 4) is 11.3 Å². The minimum atomic E-state index is -0.358. The van der Waals surface area contributed by atoms with E-state index in [2.05, 4.69) is 15.8 Å². The van der Waals surface area contributed by atoms with Crippen molar-refractivity contribution in [1.82, 2.24) is 10.5 Å². The Morgan fingerprint density at radius 3 is 2.83 bits per heavy atom. The number of rotatable bonds is 4. The number of carbonyl (C=O) groups is 1. The zero-order valence-electron chi connectivity index (χ0n) is 9.52. The molecular formula is C12H12ClN3O2. The van der Waals surface area contributed by atoms with E-state index in [0.29, 0.717) is 24.0 Å². The highest BCUT2D eigenvalue weighted by Gasteiger charge is 2.08. The predicted molar refractivity (Wildman–Crippen MR) is 69.7 cm³/mol. The van der Waals surface area contributed by atoms with Crippen LogP contribution in [0.4, 0.5) is 10.6 Å². The number of hydrogen-bond donors (Lipinski definition) is 2. The average molecular weight is 266 g/mol. The summed E-state index contributed by atoms with van der Waals surface area (Å²) in [5, 5.41) is 8.88. The minimum absolute atomic E-state index is 0.358. The van der Waals surface area contributed by atoms with E-state index < -0.39 is 0 Å². The zero-order valence-corrected chi connectivity index (χ0v) is 10.3. The first-order valence-corrected chi connectivity index (χ1v) is 5.96. The molecule has 2 amide bonds. The lowest BCUT2D eigenvalue weighted by molar-refractivity contribution is 0.252. The van der Waals surface area contributed by atoms with Crippen LogP contribution in [0.25, 0.3) is 11.3 Å². The summed E-state index contributed by atoms with van der Waals surface area (Å²) in [4.78, 5) is 11.4. The quantitative estimate of drug-likeness (QED) is 0.835. The maximum absolute atomic E-state index is 11.4. The van der Waals surface area contributed by atoms with Gasteiger partial charge in [-0.3, -0.25) is 5.32 Å². The fourth-order valence-corrected chi connectivity index (χ4v) is 1.49. The summed E-state index contributed by atoms with van der Waals surface area (Å²) < 4.78 is 5.14. The van der Waals surface area contributed by atoms with Gasteiger partial charge in [-0.15, -0.1) is 11.6 Å². The van der Waals surface area contributed by atoms with E-state index >= 15 is 0 Å². The Bertz CT molecular complexity index is 513. The van der Waals surface area contributed by atoms with E-state index in [1.54, 1.807) is 6.07 Å². The molecule has 0 atom stereocenters. The molecule has 0 saturated heterocycles. The molecule has 0 saturated carbocycles. The molecule has 0 aliphatic heterocycles. The number of amides is 2. The van der Waals surface area contributed by atoms with E-state index in [0.717, 1.165) is 5.56 Å². The van der Waals surface area contributed by atoms with Gasteiger partial charge >= 0.3 is 6.03 Å². The van der Waals surface area contributed by atoms with Gasteiger partial charge in [-0.25, -0.2) is 4.79 Å². The average Bonchev–Trinajstić information content (AvgIpc) is 2.86. The van der Waals surface area contributed by atoms with Crippen LogP contribution in [0.2, 0.25) is 0 Å². The summed E-state index contributed by atoms with van der Waals surface area (Å²) in [5.41, 5.74) is 0.902. The Labute approximate surface area is 109 Å². The van der Waals surface area contributed by atoms with Crippen LogP contribution in [0.3, 0.4) is 0 Å². The molecule has 18 heavy (non-hydrogen) atoms. The number of urea groups is 1. The number of benzene rings is 1. The lowest BCUT2D eigenvalue weighted by Gasteiger charge is -2.01. The fraction of sp³-hybridized carbons (Fsp3) is 0.167. The van der Waals surface area contributed by atoms with Crippen molar-refractivity contribution < 1.29 is 9.32 Å². The van der Waals surface area contributed by atoms with Crippen LogP contribution in [-0.2, 0) is 0 Å². The first kappa shape index (κ1) is 12.4. The van der Waals surface area contributed by atoms with E-state index in [9.17, 15) is 4.79 Å². The van der Waals surface area contributed by atoms with E-state index in [-0.39, 0.29) is 6.03 Å². The number of aromatic nitrogens is 1. The van der Waals surface area contributed by atoms with Crippen molar-refractivity contribution >= 4 is 23.4 Å². The van der Waals surface area contributed by atoms with E-state index in [1.165, 1.54) is 0 Å². The smallest absolute Gasteiger partial charge is 0.320 e. The Morgan fingerprint density at radius 2 is 2.11 bits per heavy atom. The number of hydrogen-bond acceptors (Lipinski definition) is 3. The molecule has 94 valence electrons. The Hall–Kier alpha value is -2.01. The zero-order chi connectivity index (χ0) is 12.8. The summed E-state index contributed by atoms with van der Waals surface area (Å²) >= 11 is 5.46. The monoisotopic (exact) mass is 265 g/mol. The van der Waals surface area contributed by atoms with Crippen LogP contribution in [0.15, 0.2) is 40.9 Å². The minimum Gasteiger partial charge on any atom is -0.354 e. The van der Waals surface area contributed by atoms with Crippen molar-refractivity contribution in [1.29, 1.82) is 0 Å². The number of carbonyl (C=O) groups excluding carboxylic acids is 1. The predicted octanol–water partition coefficient (Wildman–Crippen LogP) is 2.70. The molecule has 0 radical (unpaired) electrons. The molecule has 0 spiro atoms. The molecule has 0 aliphatic carbocycles. The van der Waals surface area contributed by atoms with Crippen molar-refractivity contribution in [2.75, 3.05) is 17.7 Å². The number of halogens is 1. The normalized spacial score (nSPS) is 10.1. The third kappa shape index (κ3) is 3.24. The van der Waals surface area contributed by atoms with Gasteiger partial charge in [-0.1, -0.05) is 35.5 Å². The van der Waals surface area contributed by atoms with Gasteiger partial charge in [-0.2, -0.15) is 0 Å². The first-order valence-electron chi connectivity index (χ1n) is 5.42. The Balaban J connectivity index is 2.00. The first-order chi connectivity index (χ1) is 8.79. The molecule has 0 unspecified atom stereocenters. The van der Waals surface area contributed by atoms with Crippen LogP contribution >= 0.6 is 11.6 Å². The molecule has 2 N–H and O–H groups in total. The number of nitrogens with zero attached hydrogens (tertiary/aromatic N) is 1. The number of alkyl halides is 1. The summed E-state index contributed by atoms with van der Waals surface area (Å²) in [7, 11) is 0. The number of nitrogens with one attached hydrogen (secondary N) is 2. The van der Waals surface area contributed by atoms with Gasteiger partial charge in [0.1, 0.15) is 0 Å². The molecule has 1 aromatic heterocycles. The van der Waals surface area contributed by atoms with Crippen LogP contribution in [0, 0.1) is 0 Å². The molecule has 1 aromatic carbocycles. The SMILES string of the molecule is O=C(NCCCl)Nc1cc(-c2ccccc2)on1. The summed E-state index contributed by atoms with van der Waals surface area (Å²) in [5.74, 6) is 1.32. The molecule has 2 rings (SSSR count). The largest absolute Gasteiger partial charge is 0.354 e.